The zero-order valence-electron chi connectivity index (χ0n) is 24.6. The van der Waals surface area contributed by atoms with E-state index in [1.165, 1.54) is 7.11 Å². The number of carbonyl (C=O) groups is 5. The van der Waals surface area contributed by atoms with Crippen LogP contribution in [0.3, 0.4) is 0 Å². The van der Waals surface area contributed by atoms with Crippen LogP contribution in [0.1, 0.15) is 67.4 Å². The highest BCUT2D eigenvalue weighted by Gasteiger charge is 2.33. The number of carbonyl (C=O) groups excluding carboxylic acids is 5. The highest BCUT2D eigenvalue weighted by Crippen LogP contribution is 2.14. The number of hydrogen-bond acceptors (Lipinski definition) is 7. The third-order valence-corrected chi connectivity index (χ3v) is 5.98. The molecule has 0 aliphatic heterocycles. The van der Waals surface area contributed by atoms with Crippen molar-refractivity contribution in [3.63, 3.8) is 0 Å². The van der Waals surface area contributed by atoms with Gasteiger partial charge in [-0.3, -0.25) is 14.4 Å². The SMILES string of the molecule is COC(=O)[C@@H](NC(=O)C(NC(=O)C(C)CC(=O)C(Cc1ccccc1)NC(=O)OC(C)(C)C)C(C)C)C(C)C. The van der Waals surface area contributed by atoms with Gasteiger partial charge in [0, 0.05) is 12.3 Å². The lowest BCUT2D eigenvalue weighted by molar-refractivity contribution is -0.147. The van der Waals surface area contributed by atoms with E-state index >= 15 is 0 Å². The van der Waals surface area contributed by atoms with Crippen molar-refractivity contribution in [1.29, 1.82) is 0 Å². The molecule has 0 saturated carbocycles. The van der Waals surface area contributed by atoms with E-state index in [0.29, 0.717) is 0 Å². The Bertz CT molecular complexity index is 986. The summed E-state index contributed by atoms with van der Waals surface area (Å²) in [6.07, 6.45) is -0.660. The van der Waals surface area contributed by atoms with Gasteiger partial charge in [0.1, 0.15) is 17.7 Å². The standard InChI is InChI=1S/C29H45N3O7/c1-17(2)23(26(35)32-24(18(3)4)27(36)38-9)31-25(34)19(5)15-22(33)21(16-20-13-11-10-12-14-20)30-28(37)39-29(6,7)8/h10-14,17-19,21,23-24H,15-16H2,1-9H3,(H,30,37)(H,31,34)(H,32,35)/t19?,21?,23?,24-/m0/s1. The number of rotatable bonds is 13. The van der Waals surface area contributed by atoms with E-state index in [-0.39, 0.29) is 30.5 Å². The highest BCUT2D eigenvalue weighted by atomic mass is 16.6. The van der Waals surface area contributed by atoms with Crippen LogP contribution < -0.4 is 16.0 Å². The van der Waals surface area contributed by atoms with E-state index in [4.69, 9.17) is 9.47 Å². The molecule has 4 atom stereocenters. The molecule has 1 aromatic carbocycles. The van der Waals surface area contributed by atoms with Gasteiger partial charge in [-0.05, 0) is 44.6 Å². The monoisotopic (exact) mass is 547 g/mol. The summed E-state index contributed by atoms with van der Waals surface area (Å²) in [4.78, 5) is 63.8. The summed E-state index contributed by atoms with van der Waals surface area (Å²) in [7, 11) is 1.24. The van der Waals surface area contributed by atoms with E-state index in [9.17, 15) is 24.0 Å². The van der Waals surface area contributed by atoms with Crippen LogP contribution in [-0.2, 0) is 35.1 Å². The summed E-state index contributed by atoms with van der Waals surface area (Å²) in [5.41, 5.74) is 0.0952. The van der Waals surface area contributed by atoms with Crippen LogP contribution in [0.25, 0.3) is 0 Å². The van der Waals surface area contributed by atoms with Crippen LogP contribution >= 0.6 is 0 Å². The predicted octanol–water partition coefficient (Wildman–Crippen LogP) is 3.17. The zero-order chi connectivity index (χ0) is 29.9. The van der Waals surface area contributed by atoms with Crippen molar-refractivity contribution in [3.8, 4) is 0 Å². The molecule has 0 heterocycles. The smallest absolute Gasteiger partial charge is 0.408 e. The van der Waals surface area contributed by atoms with Crippen molar-refractivity contribution in [2.24, 2.45) is 17.8 Å². The molecule has 218 valence electrons. The van der Waals surface area contributed by atoms with Crippen LogP contribution in [-0.4, -0.2) is 60.5 Å². The number of methoxy groups -OCH3 is 1. The second kappa shape index (κ2) is 15.2. The third-order valence-electron chi connectivity index (χ3n) is 5.98. The van der Waals surface area contributed by atoms with Crippen LogP contribution in [0.2, 0.25) is 0 Å². The minimum atomic E-state index is -0.930. The van der Waals surface area contributed by atoms with Gasteiger partial charge in [-0.1, -0.05) is 65.0 Å². The van der Waals surface area contributed by atoms with Crippen LogP contribution in [0.4, 0.5) is 4.79 Å². The molecule has 0 aromatic heterocycles. The Morgan fingerprint density at radius 1 is 0.795 bits per heavy atom. The third kappa shape index (κ3) is 11.9. The van der Waals surface area contributed by atoms with Gasteiger partial charge in [0.05, 0.1) is 13.2 Å². The second-order valence-electron chi connectivity index (χ2n) is 11.4. The number of Topliss-reactive ketones (excluding diaryl/α,β-unsaturated/α-hetero) is 1. The van der Waals surface area contributed by atoms with E-state index in [1.54, 1.807) is 55.4 Å². The van der Waals surface area contributed by atoms with Crippen molar-refractivity contribution in [2.75, 3.05) is 7.11 Å². The maximum atomic E-state index is 13.3. The zero-order valence-corrected chi connectivity index (χ0v) is 24.6. The second-order valence-corrected chi connectivity index (χ2v) is 11.4. The molecule has 0 radical (unpaired) electrons. The molecular weight excluding hydrogens is 502 g/mol. The molecule has 0 aliphatic rings. The Morgan fingerprint density at radius 3 is 1.82 bits per heavy atom. The average molecular weight is 548 g/mol. The largest absolute Gasteiger partial charge is 0.467 e. The molecule has 0 spiro atoms. The summed E-state index contributed by atoms with van der Waals surface area (Å²) >= 11 is 0. The van der Waals surface area contributed by atoms with E-state index in [1.807, 2.05) is 30.3 Å². The fourth-order valence-corrected chi connectivity index (χ4v) is 3.78. The number of ether oxygens (including phenoxy) is 2. The summed E-state index contributed by atoms with van der Waals surface area (Å²) < 4.78 is 10.1. The number of amides is 3. The first-order chi connectivity index (χ1) is 18.0. The van der Waals surface area contributed by atoms with E-state index in [2.05, 4.69) is 16.0 Å². The Labute approximate surface area is 232 Å². The van der Waals surface area contributed by atoms with Crippen LogP contribution in [0.5, 0.6) is 0 Å². The molecule has 0 bridgehead atoms. The summed E-state index contributed by atoms with van der Waals surface area (Å²) in [6, 6.07) is 6.51. The molecule has 3 unspecified atom stereocenters. The summed E-state index contributed by atoms with van der Waals surface area (Å²) in [6.45, 7) is 13.8. The number of benzene rings is 1. The highest BCUT2D eigenvalue weighted by molar-refractivity contribution is 5.94. The van der Waals surface area contributed by atoms with Gasteiger partial charge < -0.3 is 25.4 Å². The number of ketones is 1. The number of hydrogen-bond donors (Lipinski definition) is 3. The summed E-state index contributed by atoms with van der Waals surface area (Å²) in [5.74, 6) is -3.23. The maximum Gasteiger partial charge on any atom is 0.408 e. The predicted molar refractivity (Wildman–Crippen MR) is 148 cm³/mol. The molecule has 10 nitrogen and oxygen atoms in total. The normalized spacial score (nSPS) is 14.5. The van der Waals surface area contributed by atoms with E-state index in [0.717, 1.165) is 5.56 Å². The minimum Gasteiger partial charge on any atom is -0.467 e. The molecule has 10 heteroatoms. The first-order valence-electron chi connectivity index (χ1n) is 13.3. The Kier molecular flexibility index (Phi) is 13.1. The molecular formula is C29H45N3O7. The Morgan fingerprint density at radius 2 is 1.33 bits per heavy atom. The first-order valence-corrected chi connectivity index (χ1v) is 13.3. The van der Waals surface area contributed by atoms with Gasteiger partial charge in [0.25, 0.3) is 0 Å². The van der Waals surface area contributed by atoms with Gasteiger partial charge in [-0.2, -0.15) is 0 Å². The van der Waals surface area contributed by atoms with Crippen molar-refractivity contribution >= 4 is 29.7 Å². The Hall–Kier alpha value is -3.43. The molecule has 3 amide bonds. The molecule has 3 N–H and O–H groups in total. The lowest BCUT2D eigenvalue weighted by atomic mass is 9.94. The van der Waals surface area contributed by atoms with E-state index < -0.39 is 53.5 Å². The lowest BCUT2D eigenvalue weighted by Crippen LogP contribution is -2.56. The lowest BCUT2D eigenvalue weighted by Gasteiger charge is -2.27. The molecule has 0 aliphatic carbocycles. The molecule has 0 fully saturated rings. The molecule has 0 saturated heterocycles. The van der Waals surface area contributed by atoms with Gasteiger partial charge in [-0.15, -0.1) is 0 Å². The minimum absolute atomic E-state index is 0.164. The Balaban J connectivity index is 2.96. The fraction of sp³-hybridized carbons (Fsp3) is 0.621. The van der Waals surface area contributed by atoms with Crippen LogP contribution in [0.15, 0.2) is 30.3 Å². The number of alkyl carbamates (subject to hydrolysis) is 1. The first kappa shape index (κ1) is 33.6. The fourth-order valence-electron chi connectivity index (χ4n) is 3.78. The maximum absolute atomic E-state index is 13.3. The summed E-state index contributed by atoms with van der Waals surface area (Å²) in [5, 5.41) is 8.02. The molecule has 1 rings (SSSR count). The quantitative estimate of drug-likeness (QED) is 0.322. The molecule has 39 heavy (non-hydrogen) atoms. The molecule has 1 aromatic rings. The van der Waals surface area contributed by atoms with Crippen molar-refractivity contribution < 1.29 is 33.4 Å². The van der Waals surface area contributed by atoms with Crippen molar-refractivity contribution in [1.82, 2.24) is 16.0 Å². The van der Waals surface area contributed by atoms with Gasteiger partial charge in [0.2, 0.25) is 11.8 Å². The van der Waals surface area contributed by atoms with Crippen LogP contribution in [0, 0.1) is 17.8 Å². The van der Waals surface area contributed by atoms with Crippen molar-refractivity contribution in [3.05, 3.63) is 35.9 Å². The topological polar surface area (TPSA) is 140 Å². The number of esters is 1. The number of nitrogens with one attached hydrogen (secondary N) is 3. The van der Waals surface area contributed by atoms with Gasteiger partial charge >= 0.3 is 12.1 Å². The van der Waals surface area contributed by atoms with Gasteiger partial charge in [0.15, 0.2) is 5.78 Å². The van der Waals surface area contributed by atoms with Crippen molar-refractivity contribution in [2.45, 2.75) is 92.0 Å². The van der Waals surface area contributed by atoms with Gasteiger partial charge in [-0.25, -0.2) is 9.59 Å². The average Bonchev–Trinajstić information content (AvgIpc) is 2.83.